The van der Waals surface area contributed by atoms with Gasteiger partial charge in [0, 0.05) is 23.9 Å². The fourth-order valence-corrected chi connectivity index (χ4v) is 2.38. The van der Waals surface area contributed by atoms with Crippen LogP contribution >= 0.6 is 0 Å². The van der Waals surface area contributed by atoms with Crippen molar-refractivity contribution in [2.24, 2.45) is 5.92 Å². The summed E-state index contributed by atoms with van der Waals surface area (Å²) < 4.78 is 14.9. The zero-order valence-corrected chi connectivity index (χ0v) is 11.7. The van der Waals surface area contributed by atoms with Gasteiger partial charge < -0.3 is 5.32 Å². The molecule has 110 valence electrons. The van der Waals surface area contributed by atoms with Crippen LogP contribution in [0.15, 0.2) is 42.7 Å². The van der Waals surface area contributed by atoms with Crippen LogP contribution in [0.4, 0.5) is 10.2 Å². The molecule has 6 heteroatoms. The molecule has 0 aliphatic heterocycles. The van der Waals surface area contributed by atoms with Crippen LogP contribution in [-0.4, -0.2) is 20.3 Å². The van der Waals surface area contributed by atoms with Gasteiger partial charge in [-0.1, -0.05) is 0 Å². The monoisotopic (exact) mass is 296 g/mol. The van der Waals surface area contributed by atoms with Crippen LogP contribution in [0.1, 0.15) is 12.8 Å². The standard InChI is InChI=1S/C16H13FN4O/c17-12-6-4-10(5-7-12)13-14(20-15(22)11-2-3-11)21-9-1-8-18-16(21)19-13/h1,4-9,11H,2-3H2,(H,20,22). The summed E-state index contributed by atoms with van der Waals surface area (Å²) in [5, 5.41) is 2.94. The molecule has 4 rings (SSSR count). The first kappa shape index (κ1) is 12.9. The lowest BCUT2D eigenvalue weighted by Gasteiger charge is -2.06. The van der Waals surface area contributed by atoms with E-state index in [4.69, 9.17) is 0 Å². The highest BCUT2D eigenvalue weighted by Crippen LogP contribution is 2.33. The van der Waals surface area contributed by atoms with Gasteiger partial charge in [0.25, 0.3) is 0 Å². The van der Waals surface area contributed by atoms with Crippen molar-refractivity contribution in [3.05, 3.63) is 48.5 Å². The largest absolute Gasteiger partial charge is 0.310 e. The average Bonchev–Trinajstić information content (AvgIpc) is 3.32. The van der Waals surface area contributed by atoms with E-state index in [1.807, 2.05) is 0 Å². The van der Waals surface area contributed by atoms with Gasteiger partial charge in [0.15, 0.2) is 0 Å². The van der Waals surface area contributed by atoms with Crippen LogP contribution in [0, 0.1) is 11.7 Å². The second kappa shape index (κ2) is 4.91. The Morgan fingerprint density at radius 1 is 1.27 bits per heavy atom. The van der Waals surface area contributed by atoms with Gasteiger partial charge in [-0.15, -0.1) is 0 Å². The van der Waals surface area contributed by atoms with Gasteiger partial charge in [-0.25, -0.2) is 14.4 Å². The number of hydrogen-bond donors (Lipinski definition) is 1. The van der Waals surface area contributed by atoms with E-state index in [-0.39, 0.29) is 17.6 Å². The summed E-state index contributed by atoms with van der Waals surface area (Å²) in [7, 11) is 0. The lowest BCUT2D eigenvalue weighted by atomic mass is 10.1. The van der Waals surface area contributed by atoms with Crippen LogP contribution in [0.25, 0.3) is 17.0 Å². The van der Waals surface area contributed by atoms with E-state index in [9.17, 15) is 9.18 Å². The summed E-state index contributed by atoms with van der Waals surface area (Å²) in [5.74, 6) is 0.839. The first-order chi connectivity index (χ1) is 10.7. The maximum absolute atomic E-state index is 13.1. The van der Waals surface area contributed by atoms with Crippen molar-refractivity contribution in [3.8, 4) is 11.3 Å². The van der Waals surface area contributed by atoms with Gasteiger partial charge in [-0.2, -0.15) is 0 Å². The van der Waals surface area contributed by atoms with Crippen LogP contribution in [-0.2, 0) is 4.79 Å². The molecule has 5 nitrogen and oxygen atoms in total. The first-order valence-corrected chi connectivity index (χ1v) is 7.12. The molecule has 3 aromatic rings. The molecule has 0 radical (unpaired) electrons. The Morgan fingerprint density at radius 2 is 2.05 bits per heavy atom. The van der Waals surface area contributed by atoms with Gasteiger partial charge in [0.1, 0.15) is 17.3 Å². The quantitative estimate of drug-likeness (QED) is 0.808. The van der Waals surface area contributed by atoms with Gasteiger partial charge in [0.05, 0.1) is 0 Å². The number of amides is 1. The minimum Gasteiger partial charge on any atom is -0.310 e. The minimum absolute atomic E-state index is 0.00554. The Bertz CT molecular complexity index is 852. The number of imidazole rings is 1. The number of halogens is 1. The van der Waals surface area contributed by atoms with Crippen molar-refractivity contribution in [3.63, 3.8) is 0 Å². The zero-order valence-electron chi connectivity index (χ0n) is 11.7. The number of rotatable bonds is 3. The average molecular weight is 296 g/mol. The Morgan fingerprint density at radius 3 is 2.77 bits per heavy atom. The predicted octanol–water partition coefficient (Wildman–Crippen LogP) is 2.88. The Hall–Kier alpha value is -2.76. The topological polar surface area (TPSA) is 59.3 Å². The smallest absolute Gasteiger partial charge is 0.235 e. The van der Waals surface area contributed by atoms with E-state index in [0.29, 0.717) is 17.3 Å². The van der Waals surface area contributed by atoms with E-state index in [2.05, 4.69) is 15.3 Å². The van der Waals surface area contributed by atoms with Gasteiger partial charge >= 0.3 is 0 Å². The zero-order chi connectivity index (χ0) is 15.1. The maximum Gasteiger partial charge on any atom is 0.235 e. The van der Waals surface area contributed by atoms with Crippen molar-refractivity contribution in [1.29, 1.82) is 0 Å². The molecule has 22 heavy (non-hydrogen) atoms. The van der Waals surface area contributed by atoms with E-state index < -0.39 is 0 Å². The Balaban J connectivity index is 1.84. The highest BCUT2D eigenvalue weighted by atomic mass is 19.1. The number of hydrogen-bond acceptors (Lipinski definition) is 3. The first-order valence-electron chi connectivity index (χ1n) is 7.12. The summed E-state index contributed by atoms with van der Waals surface area (Å²) in [6.45, 7) is 0. The van der Waals surface area contributed by atoms with Crippen LogP contribution in [0.5, 0.6) is 0 Å². The number of fused-ring (bicyclic) bond motifs is 1. The SMILES string of the molecule is O=C(Nc1c(-c2ccc(F)cc2)nc2ncccn12)C1CC1. The molecule has 1 fully saturated rings. The predicted molar refractivity (Wildman–Crippen MR) is 79.7 cm³/mol. The maximum atomic E-state index is 13.1. The van der Waals surface area contributed by atoms with Gasteiger partial charge in [-0.05, 0) is 43.2 Å². The number of carbonyl (C=O) groups excluding carboxylic acids is 1. The normalized spacial score (nSPS) is 14.2. The van der Waals surface area contributed by atoms with E-state index >= 15 is 0 Å². The summed E-state index contributed by atoms with van der Waals surface area (Å²) >= 11 is 0. The summed E-state index contributed by atoms with van der Waals surface area (Å²) in [6.07, 6.45) is 5.29. The molecule has 1 aliphatic rings. The number of carbonyl (C=O) groups is 1. The summed E-state index contributed by atoms with van der Waals surface area (Å²) in [5.41, 5.74) is 1.32. The molecule has 1 saturated carbocycles. The molecular weight excluding hydrogens is 283 g/mol. The molecule has 0 bridgehead atoms. The number of nitrogens with one attached hydrogen (secondary N) is 1. The van der Waals surface area contributed by atoms with Crippen LogP contribution in [0.3, 0.4) is 0 Å². The highest BCUT2D eigenvalue weighted by Gasteiger charge is 2.31. The number of nitrogens with zero attached hydrogens (tertiary/aromatic N) is 3. The number of benzene rings is 1. The van der Waals surface area contributed by atoms with Crippen molar-refractivity contribution in [2.75, 3.05) is 5.32 Å². The van der Waals surface area contributed by atoms with Gasteiger partial charge in [0.2, 0.25) is 11.7 Å². The van der Waals surface area contributed by atoms with Gasteiger partial charge in [-0.3, -0.25) is 9.20 Å². The van der Waals surface area contributed by atoms with Crippen LogP contribution in [0.2, 0.25) is 0 Å². The third-order valence-corrected chi connectivity index (χ3v) is 3.71. The molecule has 1 amide bonds. The van der Waals surface area contributed by atoms with E-state index in [1.54, 1.807) is 35.0 Å². The molecule has 0 saturated heterocycles. The second-order valence-corrected chi connectivity index (χ2v) is 5.37. The third-order valence-electron chi connectivity index (χ3n) is 3.71. The fraction of sp³-hybridized carbons (Fsp3) is 0.188. The molecule has 1 aromatic carbocycles. The van der Waals surface area contributed by atoms with E-state index in [0.717, 1.165) is 18.4 Å². The molecule has 0 atom stereocenters. The van der Waals surface area contributed by atoms with Crippen molar-refractivity contribution < 1.29 is 9.18 Å². The summed E-state index contributed by atoms with van der Waals surface area (Å²) in [4.78, 5) is 20.8. The molecule has 1 N–H and O–H groups in total. The van der Waals surface area contributed by atoms with Crippen LogP contribution < -0.4 is 5.32 Å². The molecular formula is C16H13FN4O. The van der Waals surface area contributed by atoms with Crippen molar-refractivity contribution in [1.82, 2.24) is 14.4 Å². The summed E-state index contributed by atoms with van der Waals surface area (Å²) in [6, 6.07) is 7.81. The Labute approximate surface area is 125 Å². The van der Waals surface area contributed by atoms with Crippen molar-refractivity contribution in [2.45, 2.75) is 12.8 Å². The molecule has 1 aliphatic carbocycles. The molecule has 2 aromatic heterocycles. The minimum atomic E-state index is -0.311. The third kappa shape index (κ3) is 2.22. The van der Waals surface area contributed by atoms with E-state index in [1.165, 1.54) is 12.1 Å². The van der Waals surface area contributed by atoms with Crippen molar-refractivity contribution >= 4 is 17.5 Å². The number of aromatic nitrogens is 3. The lowest BCUT2D eigenvalue weighted by Crippen LogP contribution is -2.15. The number of anilines is 1. The Kier molecular flexibility index (Phi) is 2.89. The molecule has 0 unspecified atom stereocenters. The second-order valence-electron chi connectivity index (χ2n) is 5.37. The molecule has 0 spiro atoms. The highest BCUT2D eigenvalue weighted by molar-refractivity contribution is 5.97. The molecule has 2 heterocycles. The lowest BCUT2D eigenvalue weighted by molar-refractivity contribution is -0.117. The fourth-order valence-electron chi connectivity index (χ4n) is 2.38.